The van der Waals surface area contributed by atoms with Crippen molar-refractivity contribution in [2.45, 2.75) is 12.8 Å². The molecule has 0 radical (unpaired) electrons. The van der Waals surface area contributed by atoms with Crippen molar-refractivity contribution in [2.75, 3.05) is 0 Å². The third-order valence-electron chi connectivity index (χ3n) is 8.10. The molecule has 170 valence electrons. The first-order chi connectivity index (χ1) is 17.8. The van der Waals surface area contributed by atoms with Gasteiger partial charge in [0.15, 0.2) is 7.14 Å². The highest BCUT2D eigenvalue weighted by atomic mass is 31.2. The Bertz CT molecular complexity index is 1720. The zero-order valence-corrected chi connectivity index (χ0v) is 20.6. The van der Waals surface area contributed by atoms with E-state index in [1.165, 1.54) is 33.0 Å². The number of rotatable bonds is 3. The van der Waals surface area contributed by atoms with E-state index in [0.717, 1.165) is 51.0 Å². The number of aryl methyl sites for hydroxylation is 2. The van der Waals surface area contributed by atoms with E-state index in [4.69, 9.17) is 0 Å². The first kappa shape index (κ1) is 20.3. The summed E-state index contributed by atoms with van der Waals surface area (Å²) in [6, 6.07) is 40.2. The Morgan fingerprint density at radius 2 is 0.917 bits per heavy atom. The van der Waals surface area contributed by atoms with Gasteiger partial charge in [-0.2, -0.15) is 0 Å². The minimum atomic E-state index is -3.17. The van der Waals surface area contributed by atoms with Gasteiger partial charge in [-0.05, 0) is 57.0 Å². The number of fused-ring (bicyclic) bond motifs is 3. The van der Waals surface area contributed by atoms with Crippen LogP contribution in [0.15, 0.2) is 115 Å². The maximum Gasteiger partial charge on any atom is 0.173 e. The summed E-state index contributed by atoms with van der Waals surface area (Å²) in [7, 11) is -3.17. The molecule has 0 fully saturated rings. The van der Waals surface area contributed by atoms with E-state index in [2.05, 4.69) is 72.8 Å². The zero-order chi connectivity index (χ0) is 23.9. The van der Waals surface area contributed by atoms with E-state index in [0.29, 0.717) is 0 Å². The van der Waals surface area contributed by atoms with E-state index >= 15 is 4.57 Å². The van der Waals surface area contributed by atoms with Gasteiger partial charge >= 0.3 is 0 Å². The van der Waals surface area contributed by atoms with Crippen molar-refractivity contribution in [3.05, 3.63) is 149 Å². The summed E-state index contributed by atoms with van der Waals surface area (Å²) < 4.78 is 15.9. The SMILES string of the molecule is O=P1(c2ccccc2)C(c2ccccc2)=C2C(=C1c1ccccc1)c1ccc3c4c(ccc2c14)CC3. The minimum Gasteiger partial charge on any atom is -0.309 e. The second-order valence-electron chi connectivity index (χ2n) is 9.92. The molecular weight excluding hydrogens is 455 g/mol. The van der Waals surface area contributed by atoms with Gasteiger partial charge in [0, 0.05) is 27.1 Å². The van der Waals surface area contributed by atoms with Crippen molar-refractivity contribution in [1.82, 2.24) is 0 Å². The largest absolute Gasteiger partial charge is 0.309 e. The Hall–Kier alpha value is -3.93. The minimum absolute atomic E-state index is 0.896. The summed E-state index contributed by atoms with van der Waals surface area (Å²) in [4.78, 5) is 0. The number of hydrogen-bond acceptors (Lipinski definition) is 1. The zero-order valence-electron chi connectivity index (χ0n) is 19.7. The van der Waals surface area contributed by atoms with Gasteiger partial charge in [0.2, 0.25) is 0 Å². The van der Waals surface area contributed by atoms with Gasteiger partial charge in [0.25, 0.3) is 0 Å². The van der Waals surface area contributed by atoms with Crippen molar-refractivity contribution in [3.8, 4) is 0 Å². The smallest absolute Gasteiger partial charge is 0.173 e. The molecule has 8 rings (SSSR count). The van der Waals surface area contributed by atoms with Gasteiger partial charge in [-0.1, -0.05) is 115 Å². The van der Waals surface area contributed by atoms with Crippen LogP contribution in [0, 0.1) is 0 Å². The van der Waals surface area contributed by atoms with Gasteiger partial charge in [0.05, 0.1) is 0 Å². The Kier molecular flexibility index (Phi) is 4.11. The van der Waals surface area contributed by atoms with Gasteiger partial charge in [-0.25, -0.2) is 0 Å². The summed E-state index contributed by atoms with van der Waals surface area (Å²) in [5, 5.41) is 5.64. The van der Waals surface area contributed by atoms with Crippen molar-refractivity contribution in [1.29, 1.82) is 0 Å². The van der Waals surface area contributed by atoms with E-state index in [1.807, 2.05) is 42.5 Å². The second-order valence-corrected chi connectivity index (χ2v) is 12.5. The molecular formula is C34H23OP. The fourth-order valence-electron chi connectivity index (χ4n) is 6.67. The first-order valence-electron chi connectivity index (χ1n) is 12.6. The molecule has 1 nitrogen and oxygen atoms in total. The number of allylic oxidation sites excluding steroid dienone is 2. The Balaban J connectivity index is 1.60. The average Bonchev–Trinajstić information content (AvgIpc) is 3.58. The van der Waals surface area contributed by atoms with Gasteiger partial charge < -0.3 is 4.57 Å². The molecule has 5 aromatic carbocycles. The third-order valence-corrected chi connectivity index (χ3v) is 11.4. The molecule has 0 saturated carbocycles. The van der Waals surface area contributed by atoms with Gasteiger partial charge in [-0.3, -0.25) is 0 Å². The fourth-order valence-corrected chi connectivity index (χ4v) is 10.1. The Morgan fingerprint density at radius 1 is 0.472 bits per heavy atom. The predicted molar refractivity (Wildman–Crippen MR) is 152 cm³/mol. The van der Waals surface area contributed by atoms with Crippen LogP contribution in [-0.4, -0.2) is 0 Å². The molecule has 2 aliphatic carbocycles. The molecule has 0 bridgehead atoms. The monoisotopic (exact) mass is 478 g/mol. The van der Waals surface area contributed by atoms with Crippen LogP contribution in [-0.2, 0) is 17.4 Å². The lowest BCUT2D eigenvalue weighted by molar-refractivity contribution is 0.593. The summed E-state index contributed by atoms with van der Waals surface area (Å²) >= 11 is 0. The second kappa shape index (κ2) is 7.29. The molecule has 2 heteroatoms. The highest BCUT2D eigenvalue weighted by molar-refractivity contribution is 7.91. The molecule has 0 aromatic heterocycles. The molecule has 0 atom stereocenters. The van der Waals surface area contributed by atoms with Crippen LogP contribution < -0.4 is 5.30 Å². The first-order valence-corrected chi connectivity index (χ1v) is 14.3. The highest BCUT2D eigenvalue weighted by Crippen LogP contribution is 2.78. The molecule has 0 spiro atoms. The molecule has 36 heavy (non-hydrogen) atoms. The lowest BCUT2D eigenvalue weighted by Crippen LogP contribution is -2.06. The van der Waals surface area contributed by atoms with Crippen molar-refractivity contribution < 1.29 is 4.57 Å². The van der Waals surface area contributed by atoms with E-state index in [-0.39, 0.29) is 0 Å². The molecule has 1 heterocycles. The van der Waals surface area contributed by atoms with Gasteiger partial charge in [-0.15, -0.1) is 0 Å². The third kappa shape index (κ3) is 2.49. The molecule has 0 N–H and O–H groups in total. The Morgan fingerprint density at radius 3 is 1.39 bits per heavy atom. The van der Waals surface area contributed by atoms with Crippen molar-refractivity contribution in [2.24, 2.45) is 0 Å². The molecule has 0 saturated heterocycles. The number of benzene rings is 5. The van der Waals surface area contributed by atoms with Crippen LogP contribution in [0.3, 0.4) is 0 Å². The topological polar surface area (TPSA) is 17.1 Å². The maximum absolute atomic E-state index is 15.9. The average molecular weight is 479 g/mol. The van der Waals surface area contributed by atoms with Crippen LogP contribution >= 0.6 is 7.14 Å². The molecule has 0 unspecified atom stereocenters. The van der Waals surface area contributed by atoms with Crippen LogP contribution in [0.4, 0.5) is 0 Å². The van der Waals surface area contributed by atoms with Crippen molar-refractivity contribution in [3.63, 3.8) is 0 Å². The number of hydrogen-bond donors (Lipinski definition) is 0. The quantitative estimate of drug-likeness (QED) is 0.238. The van der Waals surface area contributed by atoms with Crippen molar-refractivity contribution >= 4 is 45.0 Å². The molecule has 0 amide bonds. The highest BCUT2D eigenvalue weighted by Gasteiger charge is 2.49. The van der Waals surface area contributed by atoms with E-state index < -0.39 is 7.14 Å². The fraction of sp³-hybridized carbons (Fsp3) is 0.0588. The maximum atomic E-state index is 15.9. The van der Waals surface area contributed by atoms with Crippen LogP contribution in [0.25, 0.3) is 32.5 Å². The summed E-state index contributed by atoms with van der Waals surface area (Å²) in [6.07, 6.45) is 2.21. The molecule has 3 aliphatic rings. The predicted octanol–water partition coefficient (Wildman–Crippen LogP) is 8.39. The van der Waals surface area contributed by atoms with E-state index in [9.17, 15) is 0 Å². The van der Waals surface area contributed by atoms with Crippen LogP contribution in [0.2, 0.25) is 0 Å². The normalized spacial score (nSPS) is 16.8. The van der Waals surface area contributed by atoms with Gasteiger partial charge in [0.1, 0.15) is 0 Å². The summed E-state index contributed by atoms with van der Waals surface area (Å²) in [6.45, 7) is 0. The summed E-state index contributed by atoms with van der Waals surface area (Å²) in [5.41, 5.74) is 9.79. The lowest BCUT2D eigenvalue weighted by atomic mass is 9.97. The van der Waals surface area contributed by atoms with E-state index in [1.54, 1.807) is 0 Å². The molecule has 5 aromatic rings. The Labute approximate surface area is 210 Å². The standard InChI is InChI=1S/C34H23OP/c35-36(26-14-8-3-9-15-26)33(24-10-4-1-5-11-24)31-27-20-18-22-16-17-23-19-21-28(30(27)29(22)23)32(31)34(36)25-12-6-2-7-13-25/h1-15,18-21H,16-17H2. The summed E-state index contributed by atoms with van der Waals surface area (Å²) in [5.74, 6) is 0. The lowest BCUT2D eigenvalue weighted by Gasteiger charge is -2.23. The van der Waals surface area contributed by atoms with Crippen LogP contribution in [0.1, 0.15) is 33.4 Å². The van der Waals surface area contributed by atoms with Crippen LogP contribution in [0.5, 0.6) is 0 Å². The molecule has 1 aliphatic heterocycles.